The number of amides is 1. The van der Waals surface area contributed by atoms with E-state index in [1.807, 2.05) is 0 Å². The van der Waals surface area contributed by atoms with Crippen LogP contribution in [-0.2, 0) is 4.79 Å². The van der Waals surface area contributed by atoms with Crippen molar-refractivity contribution in [3.8, 4) is 11.5 Å². The number of methoxy groups -OCH3 is 1. The highest BCUT2D eigenvalue weighted by atomic mass is 35.5. The molecule has 1 atom stereocenters. The van der Waals surface area contributed by atoms with Gasteiger partial charge in [-0.05, 0) is 25.1 Å². The first kappa shape index (κ1) is 16.0. The molecule has 1 unspecified atom stereocenters. The minimum atomic E-state index is -0.840. The van der Waals surface area contributed by atoms with E-state index in [9.17, 15) is 9.18 Å². The summed E-state index contributed by atoms with van der Waals surface area (Å²) < 4.78 is 23.5. The molecule has 22 heavy (non-hydrogen) atoms. The first-order chi connectivity index (χ1) is 10.5. The summed E-state index contributed by atoms with van der Waals surface area (Å²) in [7, 11) is 1.49. The highest BCUT2D eigenvalue weighted by Crippen LogP contribution is 2.26. The van der Waals surface area contributed by atoms with Crippen LogP contribution in [0, 0.1) is 5.82 Å². The lowest BCUT2D eigenvalue weighted by molar-refractivity contribution is -0.122. The van der Waals surface area contributed by atoms with Crippen LogP contribution < -0.4 is 14.8 Å². The van der Waals surface area contributed by atoms with Crippen molar-refractivity contribution in [2.24, 2.45) is 0 Å². The van der Waals surface area contributed by atoms with Crippen LogP contribution in [0.5, 0.6) is 11.5 Å². The maximum Gasteiger partial charge on any atom is 0.265 e. The molecule has 0 aliphatic carbocycles. The van der Waals surface area contributed by atoms with E-state index in [1.54, 1.807) is 19.2 Å². The molecule has 2 aromatic rings. The predicted molar refractivity (Wildman–Crippen MR) is 80.9 cm³/mol. The molecule has 0 saturated heterocycles. The number of pyridine rings is 1. The third-order valence-corrected chi connectivity index (χ3v) is 3.12. The summed E-state index contributed by atoms with van der Waals surface area (Å²) >= 11 is 5.86. The zero-order valence-corrected chi connectivity index (χ0v) is 12.7. The lowest BCUT2D eigenvalue weighted by Crippen LogP contribution is -2.30. The summed E-state index contributed by atoms with van der Waals surface area (Å²) in [5, 5.41) is 2.74. The van der Waals surface area contributed by atoms with E-state index in [1.165, 1.54) is 25.4 Å². The molecule has 2 rings (SSSR count). The molecule has 0 bridgehead atoms. The van der Waals surface area contributed by atoms with Crippen molar-refractivity contribution in [2.45, 2.75) is 13.0 Å². The second-order valence-electron chi connectivity index (χ2n) is 4.40. The molecule has 116 valence electrons. The second kappa shape index (κ2) is 7.09. The maximum absolute atomic E-state index is 13.0. The highest BCUT2D eigenvalue weighted by Gasteiger charge is 2.18. The number of nitrogens with one attached hydrogen (secondary N) is 1. The standard InChI is InChI=1S/C15H14ClFN2O3/c1-9(22-13-4-3-10(17)7-11(13)16)15(20)19-12-8-18-6-5-14(12)21-2/h3-9H,1-2H3,(H,19,20). The zero-order chi connectivity index (χ0) is 16.1. The average Bonchev–Trinajstić information content (AvgIpc) is 2.50. The SMILES string of the molecule is COc1ccncc1NC(=O)C(C)Oc1ccc(F)cc1Cl. The highest BCUT2D eigenvalue weighted by molar-refractivity contribution is 6.32. The molecule has 0 spiro atoms. The van der Waals surface area contributed by atoms with Crippen molar-refractivity contribution in [2.75, 3.05) is 12.4 Å². The van der Waals surface area contributed by atoms with Crippen LogP contribution in [0.25, 0.3) is 0 Å². The number of ether oxygens (including phenoxy) is 2. The van der Waals surface area contributed by atoms with E-state index >= 15 is 0 Å². The molecule has 0 aliphatic rings. The molecule has 5 nitrogen and oxygen atoms in total. The number of anilines is 1. The van der Waals surface area contributed by atoms with Gasteiger partial charge in [0.2, 0.25) is 0 Å². The Balaban J connectivity index is 2.06. The Hall–Kier alpha value is -2.34. The number of benzene rings is 1. The number of aromatic nitrogens is 1. The van der Waals surface area contributed by atoms with Gasteiger partial charge >= 0.3 is 0 Å². The topological polar surface area (TPSA) is 60.5 Å². The van der Waals surface area contributed by atoms with E-state index < -0.39 is 17.8 Å². The van der Waals surface area contributed by atoms with Gasteiger partial charge in [0.15, 0.2) is 6.10 Å². The van der Waals surface area contributed by atoms with Gasteiger partial charge in [0, 0.05) is 12.3 Å². The van der Waals surface area contributed by atoms with Gasteiger partial charge in [-0.2, -0.15) is 0 Å². The number of halogens is 2. The normalized spacial score (nSPS) is 11.6. The van der Waals surface area contributed by atoms with Crippen molar-refractivity contribution in [1.82, 2.24) is 4.98 Å². The molecule has 0 fully saturated rings. The average molecular weight is 325 g/mol. The third kappa shape index (κ3) is 3.85. The van der Waals surface area contributed by atoms with E-state index in [4.69, 9.17) is 21.1 Å². The summed E-state index contributed by atoms with van der Waals surface area (Å²) in [5.74, 6) is -0.180. The van der Waals surface area contributed by atoms with Crippen LogP contribution in [0.1, 0.15) is 6.92 Å². The molecule has 7 heteroatoms. The summed E-state index contributed by atoms with van der Waals surface area (Å²) in [5.41, 5.74) is 0.427. The number of carbonyl (C=O) groups excluding carboxylic acids is 1. The van der Waals surface area contributed by atoms with Crippen LogP contribution in [0.2, 0.25) is 5.02 Å². The summed E-state index contributed by atoms with van der Waals surface area (Å²) in [6.07, 6.45) is 2.17. The van der Waals surface area contributed by atoms with Crippen LogP contribution >= 0.6 is 11.6 Å². The molecule has 0 radical (unpaired) electrons. The molecular weight excluding hydrogens is 311 g/mol. The van der Waals surface area contributed by atoms with Crippen molar-refractivity contribution in [1.29, 1.82) is 0 Å². The lowest BCUT2D eigenvalue weighted by Gasteiger charge is -2.16. The van der Waals surface area contributed by atoms with Crippen molar-refractivity contribution in [3.63, 3.8) is 0 Å². The van der Waals surface area contributed by atoms with E-state index in [0.29, 0.717) is 11.4 Å². The maximum atomic E-state index is 13.0. The minimum absolute atomic E-state index is 0.0959. The Kier molecular flexibility index (Phi) is 5.16. The Labute approximate surface area is 132 Å². The Morgan fingerprint density at radius 1 is 1.36 bits per heavy atom. The van der Waals surface area contributed by atoms with E-state index in [2.05, 4.69) is 10.3 Å². The summed E-state index contributed by atoms with van der Waals surface area (Å²) in [4.78, 5) is 16.0. The Morgan fingerprint density at radius 2 is 2.14 bits per heavy atom. The van der Waals surface area contributed by atoms with Crippen LogP contribution in [0.15, 0.2) is 36.7 Å². The second-order valence-corrected chi connectivity index (χ2v) is 4.81. The molecule has 0 aliphatic heterocycles. The van der Waals surface area contributed by atoms with E-state index in [-0.39, 0.29) is 10.8 Å². The Bertz CT molecular complexity index is 682. The first-order valence-electron chi connectivity index (χ1n) is 6.42. The van der Waals surface area contributed by atoms with Gasteiger partial charge in [-0.1, -0.05) is 11.6 Å². The molecule has 1 aromatic heterocycles. The molecular formula is C15H14ClFN2O3. The third-order valence-electron chi connectivity index (χ3n) is 2.83. The van der Waals surface area contributed by atoms with Gasteiger partial charge in [0.05, 0.1) is 18.3 Å². The fraction of sp³-hybridized carbons (Fsp3) is 0.200. The molecule has 1 aromatic carbocycles. The number of nitrogens with zero attached hydrogens (tertiary/aromatic N) is 1. The quantitative estimate of drug-likeness (QED) is 0.916. The van der Waals surface area contributed by atoms with Crippen LogP contribution in [0.3, 0.4) is 0 Å². The molecule has 1 N–H and O–H groups in total. The van der Waals surface area contributed by atoms with Gasteiger partial charge in [0.25, 0.3) is 5.91 Å². The first-order valence-corrected chi connectivity index (χ1v) is 6.79. The number of hydrogen-bond donors (Lipinski definition) is 1. The van der Waals surface area contributed by atoms with Crippen LogP contribution in [0.4, 0.5) is 10.1 Å². The van der Waals surface area contributed by atoms with Crippen LogP contribution in [-0.4, -0.2) is 24.1 Å². The fourth-order valence-corrected chi connectivity index (χ4v) is 1.91. The Morgan fingerprint density at radius 3 is 2.82 bits per heavy atom. The minimum Gasteiger partial charge on any atom is -0.494 e. The fourth-order valence-electron chi connectivity index (χ4n) is 1.70. The predicted octanol–water partition coefficient (Wildman–Crippen LogP) is 3.29. The number of carbonyl (C=O) groups is 1. The van der Waals surface area contributed by atoms with Gasteiger partial charge in [0.1, 0.15) is 23.0 Å². The number of rotatable bonds is 5. The zero-order valence-electron chi connectivity index (χ0n) is 12.0. The summed E-state index contributed by atoms with van der Waals surface area (Å²) in [6, 6.07) is 5.31. The van der Waals surface area contributed by atoms with Gasteiger partial charge in [-0.15, -0.1) is 0 Å². The number of hydrogen-bond acceptors (Lipinski definition) is 4. The molecule has 1 heterocycles. The summed E-state index contributed by atoms with van der Waals surface area (Å²) in [6.45, 7) is 1.55. The van der Waals surface area contributed by atoms with Gasteiger partial charge in [-0.3, -0.25) is 9.78 Å². The molecule has 0 saturated carbocycles. The van der Waals surface area contributed by atoms with E-state index in [0.717, 1.165) is 6.07 Å². The molecule has 1 amide bonds. The largest absolute Gasteiger partial charge is 0.494 e. The van der Waals surface area contributed by atoms with Gasteiger partial charge in [-0.25, -0.2) is 4.39 Å². The lowest BCUT2D eigenvalue weighted by atomic mass is 10.3. The monoisotopic (exact) mass is 324 g/mol. The van der Waals surface area contributed by atoms with Gasteiger partial charge < -0.3 is 14.8 Å². The van der Waals surface area contributed by atoms with Crippen molar-refractivity contribution in [3.05, 3.63) is 47.5 Å². The smallest absolute Gasteiger partial charge is 0.265 e. The van der Waals surface area contributed by atoms with Crippen molar-refractivity contribution >= 4 is 23.2 Å². The van der Waals surface area contributed by atoms with Crippen molar-refractivity contribution < 1.29 is 18.7 Å².